The van der Waals surface area contributed by atoms with E-state index in [9.17, 15) is 4.79 Å². The van der Waals surface area contributed by atoms with Crippen LogP contribution in [0.5, 0.6) is 23.1 Å². The average Bonchev–Trinajstić information content (AvgIpc) is 2.89. The maximum absolute atomic E-state index is 12.6. The van der Waals surface area contributed by atoms with Crippen LogP contribution in [-0.2, 0) is 6.42 Å². The van der Waals surface area contributed by atoms with E-state index >= 15 is 0 Å². The van der Waals surface area contributed by atoms with Gasteiger partial charge in [-0.2, -0.15) is 11.8 Å². The van der Waals surface area contributed by atoms with Crippen molar-refractivity contribution in [1.82, 2.24) is 15.3 Å². The van der Waals surface area contributed by atoms with E-state index in [1.165, 1.54) is 0 Å². The summed E-state index contributed by atoms with van der Waals surface area (Å²) in [6.07, 6.45) is 3.98. The normalized spacial score (nSPS) is 13.3. The SMILES string of the molecule is COc1ccc(CCNC(=O)c2ccc(Oc3nccnc3N3CCSCC3)cc2)cc1OC. The lowest BCUT2D eigenvalue weighted by Gasteiger charge is -2.28. The number of rotatable bonds is 9. The van der Waals surface area contributed by atoms with E-state index in [0.717, 1.165) is 36.0 Å². The second kappa shape index (κ2) is 11.6. The van der Waals surface area contributed by atoms with Gasteiger partial charge in [-0.05, 0) is 48.4 Å². The van der Waals surface area contributed by atoms with E-state index in [-0.39, 0.29) is 5.91 Å². The van der Waals surface area contributed by atoms with Gasteiger partial charge in [0.15, 0.2) is 17.3 Å². The molecule has 0 atom stereocenters. The highest BCUT2D eigenvalue weighted by Crippen LogP contribution is 2.30. The Bertz CT molecular complexity index is 1100. The lowest BCUT2D eigenvalue weighted by molar-refractivity contribution is 0.0954. The summed E-state index contributed by atoms with van der Waals surface area (Å²) in [6, 6.07) is 12.8. The maximum Gasteiger partial charge on any atom is 0.263 e. The standard InChI is InChI=1S/C25H28N4O4S/c1-31-21-8-3-18(17-22(21)32-2)9-10-27-24(30)19-4-6-20(7-5-19)33-25-23(26-11-12-28-25)29-13-15-34-16-14-29/h3-8,11-12,17H,9-10,13-16H2,1-2H3,(H,27,30). The molecule has 1 aromatic heterocycles. The van der Waals surface area contributed by atoms with Crippen molar-refractivity contribution in [2.45, 2.75) is 6.42 Å². The smallest absolute Gasteiger partial charge is 0.263 e. The van der Waals surface area contributed by atoms with Gasteiger partial charge >= 0.3 is 0 Å². The van der Waals surface area contributed by atoms with E-state index in [0.29, 0.717) is 41.7 Å². The molecule has 0 saturated carbocycles. The van der Waals surface area contributed by atoms with Crippen LogP contribution in [0.15, 0.2) is 54.9 Å². The number of ether oxygens (including phenoxy) is 3. The van der Waals surface area contributed by atoms with Gasteiger partial charge in [0.05, 0.1) is 14.2 Å². The molecule has 1 amide bonds. The number of nitrogens with zero attached hydrogens (tertiary/aromatic N) is 3. The minimum Gasteiger partial charge on any atom is -0.493 e. The Kier molecular flexibility index (Phi) is 8.08. The van der Waals surface area contributed by atoms with Crippen LogP contribution >= 0.6 is 11.8 Å². The Hall–Kier alpha value is -3.46. The number of aromatic nitrogens is 2. The molecule has 0 radical (unpaired) electrons. The molecule has 9 heteroatoms. The molecule has 2 aromatic carbocycles. The third kappa shape index (κ3) is 5.91. The van der Waals surface area contributed by atoms with Crippen LogP contribution in [0.2, 0.25) is 0 Å². The van der Waals surface area contributed by atoms with Gasteiger partial charge in [0.1, 0.15) is 5.75 Å². The lowest BCUT2D eigenvalue weighted by atomic mass is 10.1. The third-order valence-electron chi connectivity index (χ3n) is 5.44. The zero-order valence-corrected chi connectivity index (χ0v) is 20.1. The zero-order valence-electron chi connectivity index (χ0n) is 19.3. The van der Waals surface area contributed by atoms with Crippen LogP contribution in [0.25, 0.3) is 0 Å². The van der Waals surface area contributed by atoms with E-state index in [1.54, 1.807) is 50.9 Å². The van der Waals surface area contributed by atoms with E-state index in [4.69, 9.17) is 14.2 Å². The first-order chi connectivity index (χ1) is 16.7. The number of amides is 1. The Balaban J connectivity index is 1.33. The van der Waals surface area contributed by atoms with Gasteiger partial charge in [0.25, 0.3) is 11.8 Å². The number of benzene rings is 2. The van der Waals surface area contributed by atoms with Gasteiger partial charge in [0.2, 0.25) is 0 Å². The Labute approximate surface area is 203 Å². The highest BCUT2D eigenvalue weighted by atomic mass is 32.2. The summed E-state index contributed by atoms with van der Waals surface area (Å²) in [6.45, 7) is 2.34. The van der Waals surface area contributed by atoms with Crippen molar-refractivity contribution in [3.63, 3.8) is 0 Å². The second-order valence-corrected chi connectivity index (χ2v) is 8.83. The number of methoxy groups -OCH3 is 2. The van der Waals surface area contributed by atoms with Crippen molar-refractivity contribution < 1.29 is 19.0 Å². The van der Waals surface area contributed by atoms with Gasteiger partial charge in [-0.15, -0.1) is 0 Å². The lowest BCUT2D eigenvalue weighted by Crippen LogP contribution is -2.33. The molecule has 0 unspecified atom stereocenters. The summed E-state index contributed by atoms with van der Waals surface area (Å²) >= 11 is 1.94. The summed E-state index contributed by atoms with van der Waals surface area (Å²) in [7, 11) is 3.21. The maximum atomic E-state index is 12.6. The first-order valence-electron chi connectivity index (χ1n) is 11.1. The van der Waals surface area contributed by atoms with Gasteiger partial charge < -0.3 is 24.4 Å². The van der Waals surface area contributed by atoms with Gasteiger partial charge in [0, 0.05) is 49.1 Å². The molecule has 3 aromatic rings. The van der Waals surface area contributed by atoms with Gasteiger partial charge in [-0.3, -0.25) is 4.79 Å². The summed E-state index contributed by atoms with van der Waals surface area (Å²) in [4.78, 5) is 23.6. The number of nitrogens with one attached hydrogen (secondary N) is 1. The van der Waals surface area contributed by atoms with Gasteiger partial charge in [-0.25, -0.2) is 9.97 Å². The van der Waals surface area contributed by atoms with Crippen molar-refractivity contribution in [3.8, 4) is 23.1 Å². The zero-order chi connectivity index (χ0) is 23.8. The monoisotopic (exact) mass is 480 g/mol. The molecule has 0 aliphatic carbocycles. The molecule has 0 bridgehead atoms. The topological polar surface area (TPSA) is 85.8 Å². The van der Waals surface area contributed by atoms with Gasteiger partial charge in [-0.1, -0.05) is 6.07 Å². The minimum atomic E-state index is -0.141. The molecule has 1 aliphatic rings. The van der Waals surface area contributed by atoms with Crippen LogP contribution in [0.4, 0.5) is 5.82 Å². The number of hydrogen-bond acceptors (Lipinski definition) is 8. The quantitative estimate of drug-likeness (QED) is 0.495. The van der Waals surface area contributed by atoms with Crippen molar-refractivity contribution >= 4 is 23.5 Å². The van der Waals surface area contributed by atoms with Crippen LogP contribution < -0.4 is 24.4 Å². The van der Waals surface area contributed by atoms with Crippen molar-refractivity contribution in [2.24, 2.45) is 0 Å². The van der Waals surface area contributed by atoms with E-state index in [2.05, 4.69) is 20.2 Å². The highest BCUT2D eigenvalue weighted by Gasteiger charge is 2.18. The van der Waals surface area contributed by atoms with Crippen LogP contribution in [0.3, 0.4) is 0 Å². The Morgan fingerprint density at radius 3 is 2.47 bits per heavy atom. The predicted octanol–water partition coefficient (Wildman–Crippen LogP) is 3.81. The molecular weight excluding hydrogens is 452 g/mol. The van der Waals surface area contributed by atoms with Crippen molar-refractivity contribution in [1.29, 1.82) is 0 Å². The fourth-order valence-electron chi connectivity index (χ4n) is 3.63. The van der Waals surface area contributed by atoms with Crippen LogP contribution in [0.1, 0.15) is 15.9 Å². The number of anilines is 1. The molecule has 1 N–H and O–H groups in total. The van der Waals surface area contributed by atoms with E-state index < -0.39 is 0 Å². The molecule has 0 spiro atoms. The predicted molar refractivity (Wildman–Crippen MR) is 134 cm³/mol. The third-order valence-corrected chi connectivity index (χ3v) is 6.38. The number of carbonyl (C=O) groups excluding carboxylic acids is 1. The van der Waals surface area contributed by atoms with Crippen molar-refractivity contribution in [2.75, 3.05) is 50.3 Å². The fourth-order valence-corrected chi connectivity index (χ4v) is 4.53. The first-order valence-corrected chi connectivity index (χ1v) is 12.2. The molecule has 34 heavy (non-hydrogen) atoms. The number of thioether (sulfide) groups is 1. The highest BCUT2D eigenvalue weighted by molar-refractivity contribution is 7.99. The molecule has 1 fully saturated rings. The molecule has 4 rings (SSSR count). The minimum absolute atomic E-state index is 0.141. The average molecular weight is 481 g/mol. The number of carbonyl (C=O) groups is 1. The molecule has 1 saturated heterocycles. The fraction of sp³-hybridized carbons (Fsp3) is 0.320. The Morgan fingerprint density at radius 1 is 1.00 bits per heavy atom. The number of hydrogen-bond donors (Lipinski definition) is 1. The molecule has 1 aliphatic heterocycles. The van der Waals surface area contributed by atoms with Crippen LogP contribution in [-0.4, -0.2) is 61.2 Å². The van der Waals surface area contributed by atoms with Crippen LogP contribution in [0, 0.1) is 0 Å². The summed E-state index contributed by atoms with van der Waals surface area (Å²) in [5, 5.41) is 2.95. The summed E-state index contributed by atoms with van der Waals surface area (Å²) in [5.74, 6) is 5.17. The largest absolute Gasteiger partial charge is 0.493 e. The molecule has 8 nitrogen and oxygen atoms in total. The summed E-state index contributed by atoms with van der Waals surface area (Å²) in [5.41, 5.74) is 1.61. The second-order valence-electron chi connectivity index (χ2n) is 7.61. The summed E-state index contributed by atoms with van der Waals surface area (Å²) < 4.78 is 16.6. The Morgan fingerprint density at radius 2 is 1.74 bits per heavy atom. The molecular formula is C25H28N4O4S. The molecule has 2 heterocycles. The first kappa shape index (κ1) is 23.7. The van der Waals surface area contributed by atoms with E-state index in [1.807, 2.05) is 30.0 Å². The van der Waals surface area contributed by atoms with Crippen molar-refractivity contribution in [3.05, 3.63) is 66.0 Å². The molecule has 178 valence electrons.